The first-order chi connectivity index (χ1) is 8.25. The van der Waals surface area contributed by atoms with Crippen LogP contribution < -0.4 is 5.73 Å². The summed E-state index contributed by atoms with van der Waals surface area (Å²) in [6.07, 6.45) is 2.38. The van der Waals surface area contributed by atoms with Gasteiger partial charge in [0.25, 0.3) is 0 Å². The van der Waals surface area contributed by atoms with Crippen LogP contribution in [0.3, 0.4) is 0 Å². The Labute approximate surface area is 108 Å². The van der Waals surface area contributed by atoms with Crippen molar-refractivity contribution in [3.63, 3.8) is 0 Å². The lowest BCUT2D eigenvalue weighted by Crippen LogP contribution is -2.37. The van der Waals surface area contributed by atoms with E-state index < -0.39 is 0 Å². The van der Waals surface area contributed by atoms with Crippen LogP contribution in [0.15, 0.2) is 29.2 Å². The van der Waals surface area contributed by atoms with Crippen LogP contribution in [0, 0.1) is 12.8 Å². The van der Waals surface area contributed by atoms with Crippen LogP contribution in [-0.4, -0.2) is 25.0 Å². The highest BCUT2D eigenvalue weighted by molar-refractivity contribution is 7.99. The van der Waals surface area contributed by atoms with Gasteiger partial charge in [-0.2, -0.15) is 0 Å². The fraction of sp³-hybridized carbons (Fsp3) is 0.571. The summed E-state index contributed by atoms with van der Waals surface area (Å²) in [6, 6.07) is 8.85. The zero-order valence-corrected chi connectivity index (χ0v) is 11.2. The van der Waals surface area contributed by atoms with Gasteiger partial charge in [-0.3, -0.25) is 0 Å². The Hall–Kier alpha value is -0.510. The topological polar surface area (TPSA) is 35.2 Å². The molecule has 0 saturated carbocycles. The molecule has 2 atom stereocenters. The van der Waals surface area contributed by atoms with Crippen molar-refractivity contribution in [2.45, 2.75) is 30.7 Å². The zero-order valence-electron chi connectivity index (χ0n) is 10.4. The molecule has 2 rings (SSSR count). The Morgan fingerprint density at radius 2 is 2.41 bits per heavy atom. The minimum Gasteiger partial charge on any atom is -0.381 e. The molecular weight excluding hydrogens is 230 g/mol. The fourth-order valence-corrected chi connectivity index (χ4v) is 3.24. The molecule has 0 radical (unpaired) electrons. The number of hydrogen-bond donors (Lipinski definition) is 1. The van der Waals surface area contributed by atoms with E-state index in [1.165, 1.54) is 16.9 Å². The van der Waals surface area contributed by atoms with E-state index >= 15 is 0 Å². The second kappa shape index (κ2) is 6.43. The van der Waals surface area contributed by atoms with Crippen molar-refractivity contribution in [3.8, 4) is 0 Å². The van der Waals surface area contributed by atoms with Crippen LogP contribution in [0.4, 0.5) is 0 Å². The third-order valence-corrected chi connectivity index (χ3v) is 4.37. The van der Waals surface area contributed by atoms with E-state index in [0.717, 1.165) is 25.4 Å². The number of rotatable bonds is 4. The highest BCUT2D eigenvalue weighted by atomic mass is 32.2. The van der Waals surface area contributed by atoms with Crippen molar-refractivity contribution >= 4 is 11.8 Å². The number of ether oxygens (including phenoxy) is 1. The first kappa shape index (κ1) is 12.9. The van der Waals surface area contributed by atoms with Gasteiger partial charge in [0.1, 0.15) is 0 Å². The highest BCUT2D eigenvalue weighted by Crippen LogP contribution is 2.24. The van der Waals surface area contributed by atoms with E-state index in [-0.39, 0.29) is 6.04 Å². The molecule has 1 aromatic rings. The Morgan fingerprint density at radius 3 is 3.12 bits per heavy atom. The third-order valence-electron chi connectivity index (χ3n) is 3.23. The average molecular weight is 251 g/mol. The smallest absolute Gasteiger partial charge is 0.0509 e. The van der Waals surface area contributed by atoms with E-state index in [0.29, 0.717) is 5.92 Å². The molecule has 1 fully saturated rings. The van der Waals surface area contributed by atoms with Gasteiger partial charge in [-0.25, -0.2) is 0 Å². The second-order valence-corrected chi connectivity index (χ2v) is 5.86. The molecule has 1 aromatic carbocycles. The van der Waals surface area contributed by atoms with Crippen molar-refractivity contribution in [1.82, 2.24) is 0 Å². The van der Waals surface area contributed by atoms with Gasteiger partial charge in [0.05, 0.1) is 6.61 Å². The van der Waals surface area contributed by atoms with Crippen LogP contribution in [0.1, 0.15) is 18.4 Å². The summed E-state index contributed by atoms with van der Waals surface area (Å²) >= 11 is 1.86. The van der Waals surface area contributed by atoms with Crippen LogP contribution in [0.5, 0.6) is 0 Å². The highest BCUT2D eigenvalue weighted by Gasteiger charge is 2.20. The minimum atomic E-state index is 0.251. The van der Waals surface area contributed by atoms with E-state index in [1.54, 1.807) is 0 Å². The van der Waals surface area contributed by atoms with Gasteiger partial charge in [-0.15, -0.1) is 11.8 Å². The average Bonchev–Trinajstić information content (AvgIpc) is 2.37. The number of aryl methyl sites for hydroxylation is 1. The van der Waals surface area contributed by atoms with Gasteiger partial charge in [0.15, 0.2) is 0 Å². The third kappa shape index (κ3) is 4.02. The maximum absolute atomic E-state index is 6.23. The van der Waals surface area contributed by atoms with Crippen LogP contribution in [0.25, 0.3) is 0 Å². The molecule has 0 aliphatic carbocycles. The maximum atomic E-state index is 6.23. The molecule has 2 nitrogen and oxygen atoms in total. The number of thioether (sulfide) groups is 1. The molecule has 2 N–H and O–H groups in total. The largest absolute Gasteiger partial charge is 0.381 e. The second-order valence-electron chi connectivity index (χ2n) is 4.77. The predicted molar refractivity (Wildman–Crippen MR) is 73.4 cm³/mol. The molecule has 3 heteroatoms. The van der Waals surface area contributed by atoms with Gasteiger partial charge in [-0.1, -0.05) is 17.7 Å². The van der Waals surface area contributed by atoms with Crippen LogP contribution >= 0.6 is 11.8 Å². The van der Waals surface area contributed by atoms with Gasteiger partial charge in [0.2, 0.25) is 0 Å². The zero-order chi connectivity index (χ0) is 12.1. The van der Waals surface area contributed by atoms with Crippen molar-refractivity contribution in [2.75, 3.05) is 19.0 Å². The van der Waals surface area contributed by atoms with Crippen LogP contribution in [-0.2, 0) is 4.74 Å². The minimum absolute atomic E-state index is 0.251. The van der Waals surface area contributed by atoms with E-state index in [1.807, 2.05) is 11.8 Å². The number of nitrogens with two attached hydrogens (primary N) is 1. The molecule has 1 aliphatic heterocycles. The van der Waals surface area contributed by atoms with Crippen molar-refractivity contribution in [3.05, 3.63) is 29.8 Å². The monoisotopic (exact) mass is 251 g/mol. The summed E-state index contributed by atoms with van der Waals surface area (Å²) in [5, 5.41) is 0. The predicted octanol–water partition coefficient (Wildman–Crippen LogP) is 2.84. The first-order valence-corrected chi connectivity index (χ1v) is 7.27. The number of benzene rings is 1. The molecule has 2 unspecified atom stereocenters. The van der Waals surface area contributed by atoms with E-state index in [9.17, 15) is 0 Å². The molecule has 0 amide bonds. The molecule has 0 aromatic heterocycles. The van der Waals surface area contributed by atoms with Crippen LogP contribution in [0.2, 0.25) is 0 Å². The van der Waals surface area contributed by atoms with Crippen molar-refractivity contribution in [1.29, 1.82) is 0 Å². The molecule has 1 aliphatic rings. The van der Waals surface area contributed by atoms with Gasteiger partial charge in [0, 0.05) is 23.3 Å². The fourth-order valence-electron chi connectivity index (χ4n) is 2.14. The summed E-state index contributed by atoms with van der Waals surface area (Å²) in [5.74, 6) is 1.53. The Balaban J connectivity index is 1.80. The first-order valence-electron chi connectivity index (χ1n) is 6.28. The quantitative estimate of drug-likeness (QED) is 0.836. The molecule has 0 bridgehead atoms. The molecule has 1 saturated heterocycles. The van der Waals surface area contributed by atoms with Gasteiger partial charge < -0.3 is 10.5 Å². The van der Waals surface area contributed by atoms with Gasteiger partial charge >= 0.3 is 0 Å². The van der Waals surface area contributed by atoms with Crippen molar-refractivity contribution in [2.24, 2.45) is 11.7 Å². The normalized spacial score (nSPS) is 22.4. The molecule has 0 spiro atoms. The summed E-state index contributed by atoms with van der Waals surface area (Å²) in [5.41, 5.74) is 7.54. The SMILES string of the molecule is Cc1cccc(SCC(N)C2CCCOC2)c1. The Morgan fingerprint density at radius 1 is 1.53 bits per heavy atom. The lowest BCUT2D eigenvalue weighted by molar-refractivity contribution is 0.0478. The van der Waals surface area contributed by atoms with Gasteiger partial charge in [-0.05, 0) is 37.8 Å². The summed E-state index contributed by atoms with van der Waals surface area (Å²) in [4.78, 5) is 1.32. The Kier molecular flexibility index (Phi) is 4.89. The van der Waals surface area contributed by atoms with Crippen molar-refractivity contribution < 1.29 is 4.74 Å². The summed E-state index contributed by atoms with van der Waals surface area (Å²) < 4.78 is 5.49. The molecule has 94 valence electrons. The van der Waals surface area contributed by atoms with E-state index in [4.69, 9.17) is 10.5 Å². The lowest BCUT2D eigenvalue weighted by atomic mass is 9.96. The Bertz CT molecular complexity index is 350. The summed E-state index contributed by atoms with van der Waals surface area (Å²) in [7, 11) is 0. The molecular formula is C14H21NOS. The van der Waals surface area contributed by atoms with E-state index in [2.05, 4.69) is 31.2 Å². The summed E-state index contributed by atoms with van der Waals surface area (Å²) in [6.45, 7) is 3.88. The standard InChI is InChI=1S/C14H21NOS/c1-11-4-2-6-13(8-11)17-10-14(15)12-5-3-7-16-9-12/h2,4,6,8,12,14H,3,5,7,9-10,15H2,1H3. The molecule has 1 heterocycles. The lowest BCUT2D eigenvalue weighted by Gasteiger charge is -2.27. The number of hydrogen-bond acceptors (Lipinski definition) is 3. The maximum Gasteiger partial charge on any atom is 0.0509 e. The molecule has 17 heavy (non-hydrogen) atoms.